The third-order valence-corrected chi connectivity index (χ3v) is 5.94. The van der Waals surface area contributed by atoms with E-state index in [0.29, 0.717) is 10.8 Å². The first kappa shape index (κ1) is 17.1. The molecule has 27 heavy (non-hydrogen) atoms. The van der Waals surface area contributed by atoms with Crippen LogP contribution in [0, 0.1) is 6.92 Å². The Morgan fingerprint density at radius 2 is 1.93 bits per heavy atom. The van der Waals surface area contributed by atoms with Gasteiger partial charge in [-0.3, -0.25) is 14.9 Å². The first-order chi connectivity index (χ1) is 12.9. The molecule has 0 aliphatic carbocycles. The predicted molar refractivity (Wildman–Crippen MR) is 98.1 cm³/mol. The smallest absolute Gasteiger partial charge is 0.274 e. The van der Waals surface area contributed by atoms with Crippen molar-refractivity contribution in [2.75, 3.05) is 0 Å². The van der Waals surface area contributed by atoms with Crippen molar-refractivity contribution in [2.24, 2.45) is 0 Å². The van der Waals surface area contributed by atoms with Crippen LogP contribution in [0.3, 0.4) is 0 Å². The van der Waals surface area contributed by atoms with Crippen LogP contribution in [0.1, 0.15) is 11.3 Å². The third-order valence-electron chi connectivity index (χ3n) is 4.22. The number of H-pyrrole nitrogens is 1. The van der Waals surface area contributed by atoms with Gasteiger partial charge in [0.15, 0.2) is 0 Å². The minimum absolute atomic E-state index is 0.0648. The molecule has 0 amide bonds. The molecule has 0 saturated heterocycles. The quantitative estimate of drug-likeness (QED) is 0.576. The van der Waals surface area contributed by atoms with Gasteiger partial charge < -0.3 is 0 Å². The molecule has 4 aromatic rings. The summed E-state index contributed by atoms with van der Waals surface area (Å²) in [6.07, 6.45) is 5.75. The van der Waals surface area contributed by atoms with Crippen molar-refractivity contribution < 1.29 is 8.42 Å². The highest BCUT2D eigenvalue weighted by atomic mass is 32.2. The number of fused-ring (bicyclic) bond motifs is 1. The van der Waals surface area contributed by atoms with Gasteiger partial charge in [-0.15, -0.1) is 0 Å². The number of hydrogen-bond acceptors (Lipinski definition) is 6. The number of benzene rings is 1. The zero-order valence-electron chi connectivity index (χ0n) is 14.3. The number of pyridine rings is 1. The predicted octanol–water partition coefficient (Wildman–Crippen LogP) is 1.70. The molecule has 3 aromatic heterocycles. The second kappa shape index (κ2) is 6.44. The Morgan fingerprint density at radius 1 is 1.07 bits per heavy atom. The molecule has 0 bridgehead atoms. The highest BCUT2D eigenvalue weighted by molar-refractivity contribution is 7.91. The summed E-state index contributed by atoms with van der Waals surface area (Å²) < 4.78 is 26.5. The molecule has 9 heteroatoms. The number of sulfone groups is 1. The van der Waals surface area contributed by atoms with E-state index in [2.05, 4.69) is 20.3 Å². The van der Waals surface area contributed by atoms with Crippen LogP contribution in [-0.4, -0.2) is 33.4 Å². The highest BCUT2D eigenvalue weighted by Gasteiger charge is 2.19. The zero-order valence-corrected chi connectivity index (χ0v) is 15.1. The fourth-order valence-corrected chi connectivity index (χ4v) is 3.93. The number of nitrogens with one attached hydrogen (secondary N) is 1. The lowest BCUT2D eigenvalue weighted by Gasteiger charge is -2.08. The average Bonchev–Trinajstić information content (AvgIpc) is 3.21. The van der Waals surface area contributed by atoms with Gasteiger partial charge in [-0.2, -0.15) is 10.2 Å². The Labute approximate surface area is 154 Å². The van der Waals surface area contributed by atoms with Crippen molar-refractivity contribution in [3.05, 3.63) is 76.7 Å². The summed E-state index contributed by atoms with van der Waals surface area (Å²) >= 11 is 0. The fraction of sp³-hybridized carbons (Fsp3) is 0.111. The van der Waals surface area contributed by atoms with E-state index in [-0.39, 0.29) is 21.9 Å². The van der Waals surface area contributed by atoms with Crippen molar-refractivity contribution in [1.29, 1.82) is 0 Å². The molecule has 1 aromatic carbocycles. The highest BCUT2D eigenvalue weighted by Crippen LogP contribution is 2.22. The molecule has 0 fully saturated rings. The molecule has 8 nitrogen and oxygen atoms in total. The number of nitrogens with zero attached hydrogens (tertiary/aromatic N) is 4. The van der Waals surface area contributed by atoms with Crippen molar-refractivity contribution in [1.82, 2.24) is 25.0 Å². The molecular formula is C18H15N5O3S. The fourth-order valence-electron chi connectivity index (χ4n) is 2.73. The summed E-state index contributed by atoms with van der Waals surface area (Å²) in [5.74, 6) is 0. The number of aryl methyl sites for hydroxylation is 1. The zero-order chi connectivity index (χ0) is 19.0. The Kier molecular flexibility index (Phi) is 4.08. The summed E-state index contributed by atoms with van der Waals surface area (Å²) in [6.45, 7) is 2.18. The van der Waals surface area contributed by atoms with Gasteiger partial charge in [0.05, 0.1) is 29.2 Å². The van der Waals surface area contributed by atoms with Crippen LogP contribution in [0.25, 0.3) is 10.8 Å². The summed E-state index contributed by atoms with van der Waals surface area (Å²) in [5, 5.41) is 11.2. The molecule has 1 N–H and O–H groups in total. The molecule has 4 rings (SSSR count). The van der Waals surface area contributed by atoms with E-state index in [1.807, 2.05) is 19.1 Å². The maximum absolute atomic E-state index is 12.7. The third kappa shape index (κ3) is 3.13. The van der Waals surface area contributed by atoms with Crippen LogP contribution in [0.2, 0.25) is 0 Å². The lowest BCUT2D eigenvalue weighted by Crippen LogP contribution is -2.23. The minimum atomic E-state index is -3.70. The summed E-state index contributed by atoms with van der Waals surface area (Å²) in [4.78, 5) is 17.1. The number of aromatic amines is 1. The topological polar surface area (TPSA) is 111 Å². The van der Waals surface area contributed by atoms with Crippen LogP contribution >= 0.6 is 0 Å². The maximum atomic E-state index is 12.7. The molecular weight excluding hydrogens is 366 g/mol. The van der Waals surface area contributed by atoms with Crippen LogP contribution < -0.4 is 5.56 Å². The first-order valence-electron chi connectivity index (χ1n) is 8.10. The number of hydrogen-bond donors (Lipinski definition) is 1. The Morgan fingerprint density at radius 3 is 2.63 bits per heavy atom. The first-order valence-corrected chi connectivity index (χ1v) is 9.59. The monoisotopic (exact) mass is 381 g/mol. The second-order valence-corrected chi connectivity index (χ2v) is 8.05. The van der Waals surface area contributed by atoms with Gasteiger partial charge in [0.1, 0.15) is 4.90 Å². The maximum Gasteiger partial charge on any atom is 0.274 e. The molecule has 136 valence electrons. The van der Waals surface area contributed by atoms with E-state index in [0.717, 1.165) is 11.3 Å². The molecule has 0 saturated carbocycles. The Bertz CT molecular complexity index is 1280. The Balaban J connectivity index is 1.75. The van der Waals surface area contributed by atoms with Crippen LogP contribution in [0.4, 0.5) is 0 Å². The van der Waals surface area contributed by atoms with Gasteiger partial charge in [-0.1, -0.05) is 6.07 Å². The summed E-state index contributed by atoms with van der Waals surface area (Å²) in [7, 11) is -3.70. The van der Waals surface area contributed by atoms with Gasteiger partial charge >= 0.3 is 0 Å². The van der Waals surface area contributed by atoms with Crippen LogP contribution in [-0.2, 0) is 16.4 Å². The van der Waals surface area contributed by atoms with Crippen molar-refractivity contribution in [3.8, 4) is 0 Å². The number of aromatic nitrogens is 5. The summed E-state index contributed by atoms with van der Waals surface area (Å²) in [5.41, 5.74) is 1.46. The summed E-state index contributed by atoms with van der Waals surface area (Å²) in [6, 6.07) is 8.14. The van der Waals surface area contributed by atoms with Gasteiger partial charge in [0, 0.05) is 23.5 Å². The minimum Gasteiger partial charge on any atom is -0.284 e. The normalized spacial score (nSPS) is 11.7. The van der Waals surface area contributed by atoms with E-state index >= 15 is 0 Å². The molecule has 0 aliphatic rings. The molecule has 0 unspecified atom stereocenters. The van der Waals surface area contributed by atoms with E-state index in [4.69, 9.17) is 0 Å². The molecule has 0 atom stereocenters. The SMILES string of the molecule is Cc1ccc(Cn2ncc3cc(S(=O)(=O)c4cn[nH]c4)ccc3c2=O)cn1. The van der Waals surface area contributed by atoms with E-state index < -0.39 is 9.84 Å². The molecule has 0 radical (unpaired) electrons. The largest absolute Gasteiger partial charge is 0.284 e. The lowest BCUT2D eigenvalue weighted by molar-refractivity contribution is 0.596. The van der Waals surface area contributed by atoms with Gasteiger partial charge in [-0.05, 0) is 36.8 Å². The second-order valence-electron chi connectivity index (χ2n) is 6.10. The molecule has 0 aliphatic heterocycles. The number of rotatable bonds is 4. The van der Waals surface area contributed by atoms with E-state index in [1.165, 1.54) is 41.5 Å². The van der Waals surface area contributed by atoms with Gasteiger partial charge in [-0.25, -0.2) is 13.1 Å². The standard InChI is InChI=1S/C18H15N5O3S/c1-12-2-3-13(7-19-12)11-23-18(24)17-5-4-15(6-14(17)8-22-23)27(25,26)16-9-20-21-10-16/h2-10H,11H2,1H3,(H,20,21). The lowest BCUT2D eigenvalue weighted by atomic mass is 10.2. The van der Waals surface area contributed by atoms with Crippen LogP contribution in [0.5, 0.6) is 0 Å². The van der Waals surface area contributed by atoms with Crippen molar-refractivity contribution >= 4 is 20.6 Å². The van der Waals surface area contributed by atoms with Crippen molar-refractivity contribution in [2.45, 2.75) is 23.3 Å². The molecule has 0 spiro atoms. The van der Waals surface area contributed by atoms with E-state index in [1.54, 1.807) is 6.20 Å². The van der Waals surface area contributed by atoms with Crippen LogP contribution in [0.15, 0.2) is 69.7 Å². The van der Waals surface area contributed by atoms with E-state index in [9.17, 15) is 13.2 Å². The Hall–Kier alpha value is -3.33. The van der Waals surface area contributed by atoms with Gasteiger partial charge in [0.2, 0.25) is 9.84 Å². The van der Waals surface area contributed by atoms with Crippen molar-refractivity contribution in [3.63, 3.8) is 0 Å². The average molecular weight is 381 g/mol. The molecule has 3 heterocycles. The van der Waals surface area contributed by atoms with Gasteiger partial charge in [0.25, 0.3) is 5.56 Å².